The topological polar surface area (TPSA) is 89.4 Å². The predicted octanol–water partition coefficient (Wildman–Crippen LogP) is 17.0. The number of hydrogen-bond donors (Lipinski definition) is 0. The van der Waals surface area contributed by atoms with Gasteiger partial charge in [-0.25, -0.2) is 0 Å². The Balaban J connectivity index is 0.000000133. The summed E-state index contributed by atoms with van der Waals surface area (Å²) in [5.74, 6) is 2.68. The number of rotatable bonds is 4. The van der Waals surface area contributed by atoms with Gasteiger partial charge >= 0.3 is 0 Å². The van der Waals surface area contributed by atoms with Crippen molar-refractivity contribution in [2.24, 2.45) is 0 Å². The van der Waals surface area contributed by atoms with Gasteiger partial charge in [0.25, 0.3) is 11.8 Å². The monoisotopic (exact) mass is 1170 g/mol. The van der Waals surface area contributed by atoms with Crippen LogP contribution in [0.25, 0.3) is 21.8 Å². The normalized spacial score (nSPS) is 15.4. The van der Waals surface area contributed by atoms with Gasteiger partial charge in [-0.15, -0.1) is 0 Å². The van der Waals surface area contributed by atoms with Crippen LogP contribution >= 0.6 is 0 Å². The van der Waals surface area contributed by atoms with Gasteiger partial charge in [0, 0.05) is 78.2 Å². The lowest BCUT2D eigenvalue weighted by molar-refractivity contribution is -0.146. The minimum Gasteiger partial charge on any atom is -0.492 e. The summed E-state index contributed by atoms with van der Waals surface area (Å²) >= 11 is 0. The maximum Gasteiger partial charge on any atom is 0.266 e. The Kier molecular flexibility index (Phi) is 23.8. The van der Waals surface area contributed by atoms with Gasteiger partial charge in [-0.05, 0) is 190 Å². The minimum atomic E-state index is -0.795. The third-order valence-corrected chi connectivity index (χ3v) is 16.4. The van der Waals surface area contributed by atoms with E-state index in [9.17, 15) is 9.59 Å². The summed E-state index contributed by atoms with van der Waals surface area (Å²) in [6.07, 6.45) is 13.3. The Morgan fingerprint density at radius 1 is 0.437 bits per heavy atom. The number of pyridine rings is 1. The fourth-order valence-electron chi connectivity index (χ4n) is 11.4. The van der Waals surface area contributed by atoms with E-state index in [1.54, 1.807) is 22.3 Å². The van der Waals surface area contributed by atoms with Crippen LogP contribution in [0.5, 0.6) is 17.2 Å². The van der Waals surface area contributed by atoms with E-state index in [0.717, 1.165) is 42.3 Å². The van der Waals surface area contributed by atoms with Crippen molar-refractivity contribution in [1.29, 1.82) is 0 Å². The molecule has 10 heteroatoms. The lowest BCUT2D eigenvalue weighted by atomic mass is 9.92. The van der Waals surface area contributed by atoms with Gasteiger partial charge in [-0.2, -0.15) is 0 Å². The molecule has 0 N–H and O–H groups in total. The molecule has 10 nitrogen and oxygen atoms in total. The number of carbonyl (C=O) groups excluding carboxylic acids is 2. The van der Waals surface area contributed by atoms with E-state index in [4.69, 9.17) is 14.2 Å². The SMILES string of the molecule is CC(C)N1CCOc2ccccc2C1.CC(C)N1CCOc2ccccc2C1=O.CC(C)N1Cc2ccccc2OC(C)(C)C1=O.CC(C)n1ccc2ccccc21.c1ccc2c(c1)CCC2.c1ccc2c(c1)CCCC2.c1ccc2ncccc2c1. The summed E-state index contributed by atoms with van der Waals surface area (Å²) in [6, 6.07) is 65.4. The second-order valence-corrected chi connectivity index (χ2v) is 24.4. The van der Waals surface area contributed by atoms with Gasteiger partial charge in [0.05, 0.1) is 17.6 Å². The van der Waals surface area contributed by atoms with Crippen LogP contribution in [0.2, 0.25) is 0 Å². The van der Waals surface area contributed by atoms with Crippen LogP contribution in [-0.2, 0) is 43.6 Å². The second-order valence-electron chi connectivity index (χ2n) is 24.4. The molecule has 456 valence electrons. The van der Waals surface area contributed by atoms with Gasteiger partial charge in [0.2, 0.25) is 0 Å². The van der Waals surface area contributed by atoms with Crippen LogP contribution in [0.1, 0.15) is 138 Å². The molecular weight excluding hydrogens is 1070 g/mol. The van der Waals surface area contributed by atoms with Crippen molar-refractivity contribution < 1.29 is 23.8 Å². The largest absolute Gasteiger partial charge is 0.492 e. The standard InChI is InChI=1S/C14H19NO2.C12H15NO2.C12H17NO.C11H13N.C10H12.C9H7N.C9H10/c1-10(2)15-9-11-7-5-6-8-12(11)17-14(3,4)13(15)16;1-9(2)13-7-8-15-11-6-4-3-5-10(11)12(13)14;1-10(2)13-7-8-14-12-6-4-3-5-11(12)9-13;1-9(2)12-8-7-10-5-3-4-6-11(10)12;1-2-6-10-8-4-3-7-9(10)5-1;1-2-6-9-8(4-1)5-3-7-10-9;1-2-5-9-7-3-6-8(9)4-1/h5-8,10H,9H2,1-4H3;3-6,9H,7-8H2,1-2H3;3-6,10H,7-9H2,1-2H3;3-9H,1-2H3;1-2,5-6H,3-4,7-8H2;1-7H;1-2,4-5H,3,6-7H2. The highest BCUT2D eigenvalue weighted by Gasteiger charge is 2.38. The molecule has 0 radical (unpaired) electrons. The lowest BCUT2D eigenvalue weighted by Crippen LogP contribution is -2.49. The van der Waals surface area contributed by atoms with Gasteiger partial charge in [-0.1, -0.05) is 140 Å². The Labute approximate surface area is 519 Å². The number of aromatic nitrogens is 2. The van der Waals surface area contributed by atoms with Crippen LogP contribution in [-0.4, -0.2) is 86.1 Å². The number of para-hydroxylation sites is 5. The molecule has 87 heavy (non-hydrogen) atoms. The highest BCUT2D eigenvalue weighted by Crippen LogP contribution is 2.31. The number of hydrogen-bond acceptors (Lipinski definition) is 7. The smallest absolute Gasteiger partial charge is 0.266 e. The molecule has 0 bridgehead atoms. The molecule has 2 amide bonds. The average molecular weight is 1170 g/mol. The first kappa shape index (κ1) is 64.8. The van der Waals surface area contributed by atoms with Crippen molar-refractivity contribution in [3.8, 4) is 17.2 Å². The van der Waals surface area contributed by atoms with E-state index in [0.29, 0.717) is 43.1 Å². The summed E-state index contributed by atoms with van der Waals surface area (Å²) in [7, 11) is 0. The first-order valence-electron chi connectivity index (χ1n) is 31.6. The quantitative estimate of drug-likeness (QED) is 0.173. The highest BCUT2D eigenvalue weighted by atomic mass is 16.5. The molecule has 2 aromatic heterocycles. The molecular formula is C77H93N5O5. The first-order chi connectivity index (χ1) is 42.1. The Morgan fingerprint density at radius 3 is 1.52 bits per heavy atom. The van der Waals surface area contributed by atoms with Crippen LogP contribution < -0.4 is 14.2 Å². The Hall–Kier alpha value is -8.21. The fourth-order valence-corrected chi connectivity index (χ4v) is 11.4. The number of aryl methyl sites for hydroxylation is 4. The molecule has 2 aliphatic carbocycles. The van der Waals surface area contributed by atoms with Gasteiger partial charge in [0.1, 0.15) is 30.5 Å². The average Bonchev–Trinajstić information content (AvgIpc) is 2.81. The maximum absolute atomic E-state index is 12.4. The third-order valence-electron chi connectivity index (χ3n) is 16.4. The molecule has 5 aliphatic rings. The second kappa shape index (κ2) is 32.0. The van der Waals surface area contributed by atoms with E-state index in [1.807, 2.05) is 136 Å². The number of amides is 2. The zero-order valence-corrected chi connectivity index (χ0v) is 53.3. The number of benzene rings is 7. The van der Waals surface area contributed by atoms with Crippen LogP contribution in [0.3, 0.4) is 0 Å². The van der Waals surface area contributed by atoms with Crippen LogP contribution in [0.4, 0.5) is 0 Å². The van der Waals surface area contributed by atoms with E-state index in [1.165, 1.54) is 66.8 Å². The third kappa shape index (κ3) is 18.2. The number of nitrogens with zero attached hydrogens (tertiary/aromatic N) is 5. The van der Waals surface area contributed by atoms with Crippen molar-refractivity contribution in [2.75, 3.05) is 26.3 Å². The first-order valence-corrected chi connectivity index (χ1v) is 31.6. The summed E-state index contributed by atoms with van der Waals surface area (Å²) in [5, 5.41) is 2.52. The molecule has 0 atom stereocenters. The Bertz CT molecular complexity index is 3490. The molecule has 5 heterocycles. The van der Waals surface area contributed by atoms with E-state index in [-0.39, 0.29) is 23.9 Å². The summed E-state index contributed by atoms with van der Waals surface area (Å²) in [4.78, 5) is 34.8. The molecule has 9 aromatic rings. The summed E-state index contributed by atoms with van der Waals surface area (Å²) in [5.41, 5.74) is 10.9. The number of ether oxygens (including phenoxy) is 3. The van der Waals surface area contributed by atoms with Crippen molar-refractivity contribution in [1.82, 2.24) is 24.3 Å². The van der Waals surface area contributed by atoms with E-state index in [2.05, 4.69) is 158 Å². The predicted molar refractivity (Wildman–Crippen MR) is 358 cm³/mol. The zero-order valence-electron chi connectivity index (χ0n) is 53.3. The molecule has 3 aliphatic heterocycles. The van der Waals surface area contributed by atoms with Crippen molar-refractivity contribution in [2.45, 2.75) is 157 Å². The Morgan fingerprint density at radius 2 is 0.920 bits per heavy atom. The zero-order chi connectivity index (χ0) is 61.7. The molecule has 7 aromatic carbocycles. The van der Waals surface area contributed by atoms with Crippen molar-refractivity contribution >= 4 is 33.6 Å². The molecule has 0 fully saturated rings. The van der Waals surface area contributed by atoms with Crippen molar-refractivity contribution in [3.63, 3.8) is 0 Å². The van der Waals surface area contributed by atoms with Crippen LogP contribution in [0.15, 0.2) is 200 Å². The lowest BCUT2D eigenvalue weighted by Gasteiger charge is -2.31. The molecule has 0 spiro atoms. The number of fused-ring (bicyclic) bond motifs is 7. The molecule has 0 saturated heterocycles. The number of carbonyl (C=O) groups is 2. The van der Waals surface area contributed by atoms with Gasteiger partial charge in [0.15, 0.2) is 5.60 Å². The van der Waals surface area contributed by atoms with E-state index >= 15 is 0 Å². The molecule has 0 unspecified atom stereocenters. The fraction of sp³-hybridized carbons (Fsp3) is 0.364. The maximum atomic E-state index is 12.4. The van der Waals surface area contributed by atoms with Gasteiger partial charge in [-0.3, -0.25) is 19.5 Å². The van der Waals surface area contributed by atoms with Crippen LogP contribution in [0, 0.1) is 0 Å². The molecule has 14 rings (SSSR count). The minimum absolute atomic E-state index is 0.0451. The summed E-state index contributed by atoms with van der Waals surface area (Å²) in [6.45, 7) is 25.3. The molecule has 0 saturated carbocycles. The highest BCUT2D eigenvalue weighted by molar-refractivity contribution is 5.97. The van der Waals surface area contributed by atoms with Crippen molar-refractivity contribution in [3.05, 3.63) is 239 Å². The van der Waals surface area contributed by atoms with Gasteiger partial charge < -0.3 is 28.6 Å². The summed E-state index contributed by atoms with van der Waals surface area (Å²) < 4.78 is 19.4. The van der Waals surface area contributed by atoms with E-state index < -0.39 is 5.60 Å².